The van der Waals surface area contributed by atoms with E-state index in [2.05, 4.69) is 101 Å². The first-order chi connectivity index (χ1) is 22.2. The van der Waals surface area contributed by atoms with Gasteiger partial charge in [0.05, 0.1) is 22.1 Å². The number of rotatable bonds is 4. The average molecular weight is 578 g/mol. The SMILES string of the molecule is Cc1ccc2c(c1)c1ccc3c4ccccc4n(-c4nc(-c5ccccc5)nc(-c5ccccc5)n4)c3c1n2-c1ccccc1. The molecule has 0 spiro atoms. The standard InChI is InChI=1S/C40H27N5/c1-26-21-24-35-33(25-26)32-23-22-31-30-19-11-12-20-34(30)45(37(31)36(32)44(35)29-17-9-4-10-18-29)40-42-38(27-13-5-2-6-14-27)41-39(43-40)28-15-7-3-8-16-28/h2-25H,1H3. The van der Waals surface area contributed by atoms with Gasteiger partial charge in [0.25, 0.3) is 0 Å². The van der Waals surface area contributed by atoms with Crippen LogP contribution in [0, 0.1) is 6.92 Å². The molecule has 3 aromatic heterocycles. The molecule has 0 amide bonds. The minimum Gasteiger partial charge on any atom is -0.307 e. The summed E-state index contributed by atoms with van der Waals surface area (Å²) in [5.74, 6) is 1.86. The van der Waals surface area contributed by atoms with Crippen LogP contribution in [-0.4, -0.2) is 24.1 Å². The van der Waals surface area contributed by atoms with Crippen molar-refractivity contribution in [1.29, 1.82) is 0 Å². The molecule has 5 heteroatoms. The summed E-state index contributed by atoms with van der Waals surface area (Å²) < 4.78 is 4.62. The van der Waals surface area contributed by atoms with E-state index in [0.29, 0.717) is 17.6 Å². The monoisotopic (exact) mass is 577 g/mol. The van der Waals surface area contributed by atoms with Gasteiger partial charge in [0, 0.05) is 38.4 Å². The maximum atomic E-state index is 5.18. The number of aromatic nitrogens is 5. The lowest BCUT2D eigenvalue weighted by Crippen LogP contribution is -2.07. The Morgan fingerprint density at radius 3 is 1.62 bits per heavy atom. The molecule has 9 rings (SSSR count). The minimum absolute atomic E-state index is 0.586. The molecule has 0 bridgehead atoms. The van der Waals surface area contributed by atoms with E-state index in [1.54, 1.807) is 0 Å². The fourth-order valence-corrected chi connectivity index (χ4v) is 6.62. The summed E-state index contributed by atoms with van der Waals surface area (Å²) in [5, 5.41) is 4.71. The highest BCUT2D eigenvalue weighted by Gasteiger charge is 2.23. The molecular formula is C40H27N5. The molecule has 0 fully saturated rings. The molecule has 0 saturated heterocycles. The quantitative estimate of drug-likeness (QED) is 0.209. The van der Waals surface area contributed by atoms with Gasteiger partial charge in [-0.1, -0.05) is 121 Å². The lowest BCUT2D eigenvalue weighted by atomic mass is 10.1. The van der Waals surface area contributed by atoms with Gasteiger partial charge in [-0.2, -0.15) is 9.97 Å². The Bertz CT molecular complexity index is 2470. The van der Waals surface area contributed by atoms with Crippen LogP contribution in [0.4, 0.5) is 0 Å². The highest BCUT2D eigenvalue weighted by Crippen LogP contribution is 2.41. The molecule has 0 aliphatic heterocycles. The molecule has 212 valence electrons. The Balaban J connectivity index is 1.48. The number of hydrogen-bond donors (Lipinski definition) is 0. The number of aryl methyl sites for hydroxylation is 1. The van der Waals surface area contributed by atoms with Crippen molar-refractivity contribution in [3.8, 4) is 34.4 Å². The molecule has 45 heavy (non-hydrogen) atoms. The summed E-state index contributed by atoms with van der Waals surface area (Å²) in [7, 11) is 0. The molecule has 0 radical (unpaired) electrons. The molecule has 5 nitrogen and oxygen atoms in total. The Labute approximate surface area is 259 Å². The fourth-order valence-electron chi connectivity index (χ4n) is 6.62. The van der Waals surface area contributed by atoms with Crippen LogP contribution in [0.25, 0.3) is 78.0 Å². The van der Waals surface area contributed by atoms with Crippen LogP contribution in [0.1, 0.15) is 5.56 Å². The summed E-state index contributed by atoms with van der Waals surface area (Å²) in [4.78, 5) is 15.3. The Kier molecular flexibility index (Phi) is 5.65. The zero-order valence-electron chi connectivity index (χ0n) is 24.6. The van der Waals surface area contributed by atoms with E-state index >= 15 is 0 Å². The Hall–Kier alpha value is -6.07. The highest BCUT2D eigenvalue weighted by molar-refractivity contribution is 6.23. The van der Waals surface area contributed by atoms with Crippen molar-refractivity contribution in [3.63, 3.8) is 0 Å². The van der Waals surface area contributed by atoms with Gasteiger partial charge in [-0.25, -0.2) is 4.98 Å². The maximum absolute atomic E-state index is 5.18. The number of para-hydroxylation sites is 2. The number of fused-ring (bicyclic) bond motifs is 7. The third kappa shape index (κ3) is 3.98. The van der Waals surface area contributed by atoms with E-state index in [0.717, 1.165) is 49.7 Å². The van der Waals surface area contributed by atoms with Crippen LogP contribution in [0.5, 0.6) is 0 Å². The lowest BCUT2D eigenvalue weighted by Gasteiger charge is -2.13. The lowest BCUT2D eigenvalue weighted by molar-refractivity contribution is 0.953. The molecule has 0 aliphatic carbocycles. The molecule has 0 aliphatic rings. The predicted molar refractivity (Wildman–Crippen MR) is 184 cm³/mol. The van der Waals surface area contributed by atoms with Crippen LogP contribution in [-0.2, 0) is 0 Å². The van der Waals surface area contributed by atoms with Crippen molar-refractivity contribution >= 4 is 43.6 Å². The zero-order chi connectivity index (χ0) is 29.9. The van der Waals surface area contributed by atoms with Gasteiger partial charge >= 0.3 is 0 Å². The molecule has 9 aromatic rings. The highest BCUT2D eigenvalue weighted by atomic mass is 15.2. The van der Waals surface area contributed by atoms with Crippen LogP contribution in [0.3, 0.4) is 0 Å². The van der Waals surface area contributed by atoms with Crippen LogP contribution in [0.2, 0.25) is 0 Å². The Morgan fingerprint density at radius 2 is 0.956 bits per heavy atom. The van der Waals surface area contributed by atoms with E-state index in [4.69, 9.17) is 15.0 Å². The zero-order valence-corrected chi connectivity index (χ0v) is 24.6. The van der Waals surface area contributed by atoms with Gasteiger partial charge in [0.1, 0.15) is 0 Å². The van der Waals surface area contributed by atoms with Crippen molar-refractivity contribution in [2.45, 2.75) is 6.92 Å². The largest absolute Gasteiger partial charge is 0.307 e. The second-order valence-electron chi connectivity index (χ2n) is 11.4. The maximum Gasteiger partial charge on any atom is 0.238 e. The summed E-state index contributed by atoms with van der Waals surface area (Å²) >= 11 is 0. The molecule has 0 unspecified atom stereocenters. The summed E-state index contributed by atoms with van der Waals surface area (Å²) in [6, 6.07) is 50.7. The number of nitrogens with zero attached hydrogens (tertiary/aromatic N) is 5. The molecule has 0 saturated carbocycles. The van der Waals surface area contributed by atoms with Gasteiger partial charge in [-0.05, 0) is 37.3 Å². The number of hydrogen-bond acceptors (Lipinski definition) is 3. The third-order valence-corrected chi connectivity index (χ3v) is 8.62. The second-order valence-corrected chi connectivity index (χ2v) is 11.4. The van der Waals surface area contributed by atoms with Gasteiger partial charge in [0.15, 0.2) is 11.6 Å². The van der Waals surface area contributed by atoms with Gasteiger partial charge in [-0.15, -0.1) is 0 Å². The molecule has 0 N–H and O–H groups in total. The van der Waals surface area contributed by atoms with Crippen LogP contribution >= 0.6 is 0 Å². The topological polar surface area (TPSA) is 48.5 Å². The first-order valence-corrected chi connectivity index (χ1v) is 15.1. The van der Waals surface area contributed by atoms with Crippen molar-refractivity contribution in [3.05, 3.63) is 151 Å². The van der Waals surface area contributed by atoms with Crippen molar-refractivity contribution in [2.24, 2.45) is 0 Å². The summed E-state index contributed by atoms with van der Waals surface area (Å²) in [5.41, 5.74) is 8.62. The van der Waals surface area contributed by atoms with Crippen molar-refractivity contribution in [2.75, 3.05) is 0 Å². The Morgan fingerprint density at radius 1 is 0.422 bits per heavy atom. The van der Waals surface area contributed by atoms with E-state index < -0.39 is 0 Å². The summed E-state index contributed by atoms with van der Waals surface area (Å²) in [6.45, 7) is 2.15. The van der Waals surface area contributed by atoms with Crippen molar-refractivity contribution in [1.82, 2.24) is 24.1 Å². The molecule has 6 aromatic carbocycles. The van der Waals surface area contributed by atoms with Crippen LogP contribution < -0.4 is 0 Å². The molecule has 3 heterocycles. The minimum atomic E-state index is 0.586. The smallest absolute Gasteiger partial charge is 0.238 e. The van der Waals surface area contributed by atoms with E-state index in [9.17, 15) is 0 Å². The third-order valence-electron chi connectivity index (χ3n) is 8.62. The fraction of sp³-hybridized carbons (Fsp3) is 0.0250. The van der Waals surface area contributed by atoms with Gasteiger partial charge in [0.2, 0.25) is 5.95 Å². The molecular weight excluding hydrogens is 550 g/mol. The normalized spacial score (nSPS) is 11.7. The van der Waals surface area contributed by atoms with E-state index in [1.807, 2.05) is 60.7 Å². The summed E-state index contributed by atoms with van der Waals surface area (Å²) in [6.07, 6.45) is 0. The van der Waals surface area contributed by atoms with Gasteiger partial charge in [-0.3, -0.25) is 4.57 Å². The van der Waals surface area contributed by atoms with Crippen molar-refractivity contribution < 1.29 is 0 Å². The van der Waals surface area contributed by atoms with E-state index in [-0.39, 0.29) is 0 Å². The molecule has 0 atom stereocenters. The second kappa shape index (κ2) is 10.00. The van der Waals surface area contributed by atoms with Crippen LogP contribution in [0.15, 0.2) is 146 Å². The first-order valence-electron chi connectivity index (χ1n) is 15.1. The predicted octanol–water partition coefficient (Wildman–Crippen LogP) is 9.71. The van der Waals surface area contributed by atoms with Gasteiger partial charge < -0.3 is 4.57 Å². The average Bonchev–Trinajstić information content (AvgIpc) is 3.62. The number of benzene rings is 6. The first kappa shape index (κ1) is 25.4. The van der Waals surface area contributed by atoms with E-state index in [1.165, 1.54) is 16.3 Å².